The highest BCUT2D eigenvalue weighted by atomic mass is 16.2. The Morgan fingerprint density at radius 1 is 1.30 bits per heavy atom. The minimum Gasteiger partial charge on any atom is -0.378 e. The van der Waals surface area contributed by atoms with Crippen molar-refractivity contribution in [3.05, 3.63) is 29.8 Å². The van der Waals surface area contributed by atoms with Crippen LogP contribution in [0.2, 0.25) is 0 Å². The summed E-state index contributed by atoms with van der Waals surface area (Å²) in [7, 11) is 4.02. The number of benzene rings is 1. The highest BCUT2D eigenvalue weighted by Crippen LogP contribution is 2.58. The van der Waals surface area contributed by atoms with Crippen LogP contribution in [0, 0.1) is 11.3 Å². The Morgan fingerprint density at radius 3 is 2.57 bits per heavy atom. The van der Waals surface area contributed by atoms with Gasteiger partial charge in [0.15, 0.2) is 0 Å². The topological polar surface area (TPSA) is 52.7 Å². The van der Waals surface area contributed by atoms with Crippen LogP contribution >= 0.6 is 0 Å². The molecule has 5 heteroatoms. The van der Waals surface area contributed by atoms with E-state index in [0.29, 0.717) is 19.0 Å². The minimum atomic E-state index is -0.213. The molecule has 1 aromatic rings. The lowest BCUT2D eigenvalue weighted by Crippen LogP contribution is -2.43. The number of amides is 2. The quantitative estimate of drug-likeness (QED) is 0.919. The lowest BCUT2D eigenvalue weighted by molar-refractivity contribution is -0.134. The van der Waals surface area contributed by atoms with E-state index in [1.54, 1.807) is 6.92 Å². The zero-order valence-electron chi connectivity index (χ0n) is 14.1. The van der Waals surface area contributed by atoms with Gasteiger partial charge in [-0.15, -0.1) is 0 Å². The van der Waals surface area contributed by atoms with E-state index in [0.717, 1.165) is 30.6 Å². The van der Waals surface area contributed by atoms with Crippen LogP contribution < -0.4 is 10.2 Å². The van der Waals surface area contributed by atoms with Crippen LogP contribution in [0.4, 0.5) is 5.69 Å². The summed E-state index contributed by atoms with van der Waals surface area (Å²) in [6.07, 6.45) is 1.71. The molecule has 0 spiro atoms. The normalized spacial score (nSPS) is 25.5. The van der Waals surface area contributed by atoms with Crippen molar-refractivity contribution < 1.29 is 9.59 Å². The van der Waals surface area contributed by atoms with Gasteiger partial charge in [-0.3, -0.25) is 9.59 Å². The van der Waals surface area contributed by atoms with Crippen molar-refractivity contribution in [2.24, 2.45) is 11.3 Å². The maximum atomic E-state index is 12.6. The number of likely N-dealkylation sites (tertiary alicyclic amines) is 1. The van der Waals surface area contributed by atoms with Gasteiger partial charge in [0.2, 0.25) is 11.8 Å². The third-order valence-corrected chi connectivity index (χ3v) is 5.30. The minimum absolute atomic E-state index is 0.117. The molecule has 3 rings (SSSR count). The Bertz CT molecular complexity index is 611. The molecule has 0 radical (unpaired) electrons. The summed E-state index contributed by atoms with van der Waals surface area (Å²) >= 11 is 0. The monoisotopic (exact) mass is 315 g/mol. The number of hydrogen-bond acceptors (Lipinski definition) is 3. The van der Waals surface area contributed by atoms with Crippen LogP contribution in [0.25, 0.3) is 0 Å². The fraction of sp³-hybridized carbons (Fsp3) is 0.556. The van der Waals surface area contributed by atoms with Crippen LogP contribution in [0.5, 0.6) is 0 Å². The zero-order chi connectivity index (χ0) is 16.6. The van der Waals surface area contributed by atoms with Crippen molar-refractivity contribution in [3.63, 3.8) is 0 Å². The van der Waals surface area contributed by atoms with E-state index in [2.05, 4.69) is 34.5 Å². The van der Waals surface area contributed by atoms with Crippen molar-refractivity contribution >= 4 is 17.5 Å². The molecule has 1 heterocycles. The summed E-state index contributed by atoms with van der Waals surface area (Å²) in [5.41, 5.74) is 2.05. The highest BCUT2D eigenvalue weighted by Gasteiger charge is 2.61. The van der Waals surface area contributed by atoms with E-state index in [9.17, 15) is 9.59 Å². The molecule has 5 nitrogen and oxygen atoms in total. The summed E-state index contributed by atoms with van der Waals surface area (Å²) < 4.78 is 0. The van der Waals surface area contributed by atoms with Gasteiger partial charge < -0.3 is 15.1 Å². The molecular formula is C18H25N3O2. The first kappa shape index (κ1) is 15.8. The molecule has 1 aliphatic heterocycles. The van der Waals surface area contributed by atoms with Crippen LogP contribution in [0.15, 0.2) is 24.3 Å². The molecule has 1 saturated heterocycles. The number of anilines is 1. The molecule has 1 saturated carbocycles. The summed E-state index contributed by atoms with van der Waals surface area (Å²) in [5.74, 6) is 0.616. The standard InChI is InChI=1S/C18H25N3O2/c1-13(22)21-9-8-18(10-15(18)12-21)17(23)19-11-14-4-6-16(7-5-14)20(2)3/h4-7,15H,8-12H2,1-3H3,(H,19,23). The molecule has 1 N–H and O–H groups in total. The first-order valence-electron chi connectivity index (χ1n) is 8.22. The number of carbonyl (C=O) groups excluding carboxylic acids is 2. The fourth-order valence-corrected chi connectivity index (χ4v) is 3.57. The van der Waals surface area contributed by atoms with Gasteiger partial charge in [-0.1, -0.05) is 12.1 Å². The molecule has 2 unspecified atom stereocenters. The Balaban J connectivity index is 1.54. The smallest absolute Gasteiger partial charge is 0.226 e. The molecule has 0 aromatic heterocycles. The third-order valence-electron chi connectivity index (χ3n) is 5.30. The molecule has 2 amide bonds. The largest absolute Gasteiger partial charge is 0.378 e. The first-order chi connectivity index (χ1) is 10.9. The predicted octanol–water partition coefficient (Wildman–Crippen LogP) is 1.63. The van der Waals surface area contributed by atoms with Crippen molar-refractivity contribution in [1.29, 1.82) is 0 Å². The van der Waals surface area contributed by atoms with E-state index in [1.165, 1.54) is 0 Å². The second-order valence-corrected chi connectivity index (χ2v) is 7.02. The van der Waals surface area contributed by atoms with Gasteiger partial charge in [0, 0.05) is 46.3 Å². The van der Waals surface area contributed by atoms with Crippen LogP contribution in [-0.4, -0.2) is 43.9 Å². The van der Waals surface area contributed by atoms with Gasteiger partial charge in [-0.05, 0) is 36.5 Å². The maximum Gasteiger partial charge on any atom is 0.226 e. The van der Waals surface area contributed by atoms with Gasteiger partial charge in [-0.25, -0.2) is 0 Å². The van der Waals surface area contributed by atoms with Crippen molar-refractivity contribution in [3.8, 4) is 0 Å². The van der Waals surface area contributed by atoms with Gasteiger partial charge >= 0.3 is 0 Å². The van der Waals surface area contributed by atoms with Crippen LogP contribution in [-0.2, 0) is 16.1 Å². The number of nitrogens with zero attached hydrogens (tertiary/aromatic N) is 2. The van der Waals surface area contributed by atoms with E-state index in [1.807, 2.05) is 19.0 Å². The first-order valence-corrected chi connectivity index (χ1v) is 8.22. The lowest BCUT2D eigenvalue weighted by atomic mass is 9.94. The van der Waals surface area contributed by atoms with Crippen molar-refractivity contribution in [2.45, 2.75) is 26.3 Å². The Hall–Kier alpha value is -2.04. The lowest BCUT2D eigenvalue weighted by Gasteiger charge is -2.30. The Labute approximate surface area is 137 Å². The molecule has 2 aliphatic rings. The second-order valence-electron chi connectivity index (χ2n) is 7.02. The third kappa shape index (κ3) is 3.05. The molecule has 124 valence electrons. The molecule has 1 aliphatic carbocycles. The van der Waals surface area contributed by atoms with Crippen molar-refractivity contribution in [2.75, 3.05) is 32.1 Å². The Kier molecular flexibility index (Phi) is 4.04. The Morgan fingerprint density at radius 2 is 2.00 bits per heavy atom. The molecular weight excluding hydrogens is 290 g/mol. The number of fused-ring (bicyclic) bond motifs is 1. The van der Waals surface area contributed by atoms with Gasteiger partial charge in [0.1, 0.15) is 0 Å². The molecule has 1 aromatic carbocycles. The highest BCUT2D eigenvalue weighted by molar-refractivity contribution is 5.86. The fourth-order valence-electron chi connectivity index (χ4n) is 3.57. The summed E-state index contributed by atoms with van der Waals surface area (Å²) in [6, 6.07) is 8.22. The van der Waals surface area contributed by atoms with E-state index >= 15 is 0 Å². The molecule has 0 bridgehead atoms. The summed E-state index contributed by atoms with van der Waals surface area (Å²) in [6.45, 7) is 3.61. The summed E-state index contributed by atoms with van der Waals surface area (Å²) in [4.78, 5) is 27.9. The van der Waals surface area contributed by atoms with Crippen LogP contribution in [0.3, 0.4) is 0 Å². The van der Waals surface area contributed by atoms with Gasteiger partial charge in [-0.2, -0.15) is 0 Å². The number of hydrogen-bond donors (Lipinski definition) is 1. The average Bonchev–Trinajstić information content (AvgIpc) is 3.27. The number of rotatable bonds is 4. The number of nitrogens with one attached hydrogen (secondary N) is 1. The molecule has 2 fully saturated rings. The maximum absolute atomic E-state index is 12.6. The van der Waals surface area contributed by atoms with E-state index in [4.69, 9.17) is 0 Å². The zero-order valence-corrected chi connectivity index (χ0v) is 14.1. The molecule has 2 atom stereocenters. The van der Waals surface area contributed by atoms with Gasteiger partial charge in [0.05, 0.1) is 5.41 Å². The average molecular weight is 315 g/mol. The van der Waals surface area contributed by atoms with Crippen molar-refractivity contribution in [1.82, 2.24) is 10.2 Å². The molecule has 23 heavy (non-hydrogen) atoms. The van der Waals surface area contributed by atoms with E-state index in [-0.39, 0.29) is 17.2 Å². The number of piperidine rings is 1. The van der Waals surface area contributed by atoms with Crippen LogP contribution in [0.1, 0.15) is 25.3 Å². The summed E-state index contributed by atoms with van der Waals surface area (Å²) in [5, 5.41) is 3.09. The number of carbonyl (C=O) groups is 2. The van der Waals surface area contributed by atoms with Gasteiger partial charge in [0.25, 0.3) is 0 Å². The second kappa shape index (κ2) is 5.87. The SMILES string of the molecule is CC(=O)N1CCC2(C(=O)NCc3ccc(N(C)C)cc3)CC2C1. The predicted molar refractivity (Wildman–Crippen MR) is 90.0 cm³/mol. The van der Waals surface area contributed by atoms with E-state index < -0.39 is 0 Å².